The first-order chi connectivity index (χ1) is 11.5. The minimum atomic E-state index is -0.870. The fourth-order valence-electron chi connectivity index (χ4n) is 2.99. The third kappa shape index (κ3) is 4.71. The third-order valence-corrected chi connectivity index (χ3v) is 4.37. The second-order valence-corrected chi connectivity index (χ2v) is 6.02. The van der Waals surface area contributed by atoms with Gasteiger partial charge in [-0.05, 0) is 56.4 Å². The summed E-state index contributed by atoms with van der Waals surface area (Å²) in [5, 5.41) is 12.2. The molecule has 1 atom stereocenters. The minimum Gasteiger partial charge on any atom is -0.494 e. The summed E-state index contributed by atoms with van der Waals surface area (Å²) < 4.78 is 10.7. The second-order valence-electron chi connectivity index (χ2n) is 6.02. The maximum atomic E-state index is 12.3. The number of rotatable bonds is 7. The molecule has 0 bridgehead atoms. The van der Waals surface area contributed by atoms with E-state index < -0.39 is 11.9 Å². The van der Waals surface area contributed by atoms with Crippen molar-refractivity contribution in [2.75, 3.05) is 26.4 Å². The molecule has 6 heteroatoms. The molecule has 1 aromatic rings. The Hall–Kier alpha value is -2.08. The molecule has 2 rings (SSSR count). The first-order valence-corrected chi connectivity index (χ1v) is 8.35. The van der Waals surface area contributed by atoms with E-state index in [1.54, 1.807) is 18.2 Å². The van der Waals surface area contributed by atoms with Gasteiger partial charge in [0.2, 0.25) is 0 Å². The van der Waals surface area contributed by atoms with Gasteiger partial charge in [-0.15, -0.1) is 0 Å². The highest BCUT2D eigenvalue weighted by atomic mass is 16.5. The Morgan fingerprint density at radius 3 is 2.67 bits per heavy atom. The van der Waals surface area contributed by atoms with E-state index in [0.717, 1.165) is 24.2 Å². The molecule has 0 saturated carbocycles. The quantitative estimate of drug-likeness (QED) is 0.798. The smallest absolute Gasteiger partial charge is 0.308 e. The van der Waals surface area contributed by atoms with Gasteiger partial charge in [0, 0.05) is 25.3 Å². The van der Waals surface area contributed by atoms with E-state index in [1.807, 2.05) is 13.8 Å². The van der Waals surface area contributed by atoms with E-state index in [0.29, 0.717) is 25.4 Å². The van der Waals surface area contributed by atoms with Gasteiger partial charge >= 0.3 is 5.97 Å². The van der Waals surface area contributed by atoms with Crippen LogP contribution < -0.4 is 10.1 Å². The lowest BCUT2D eigenvalue weighted by Crippen LogP contribution is -2.39. The van der Waals surface area contributed by atoms with Crippen LogP contribution in [0.5, 0.6) is 5.75 Å². The molecule has 1 aliphatic heterocycles. The monoisotopic (exact) mass is 335 g/mol. The van der Waals surface area contributed by atoms with Crippen molar-refractivity contribution in [1.82, 2.24) is 5.32 Å². The van der Waals surface area contributed by atoms with E-state index in [2.05, 4.69) is 5.32 Å². The lowest BCUT2D eigenvalue weighted by Gasteiger charge is -2.27. The number of amides is 1. The number of benzene rings is 1. The molecule has 132 valence electrons. The fourth-order valence-corrected chi connectivity index (χ4v) is 2.99. The Balaban J connectivity index is 1.97. The number of carboxylic acid groups (broad SMARTS) is 1. The van der Waals surface area contributed by atoms with Crippen molar-refractivity contribution in [2.24, 2.45) is 11.8 Å². The summed E-state index contributed by atoms with van der Waals surface area (Å²) in [5.74, 6) is -0.926. The number of hydrogen-bond donors (Lipinski definition) is 2. The Morgan fingerprint density at radius 1 is 1.38 bits per heavy atom. The third-order valence-electron chi connectivity index (χ3n) is 4.37. The maximum absolute atomic E-state index is 12.3. The zero-order valence-electron chi connectivity index (χ0n) is 14.2. The standard InChI is InChI=1S/C18H25NO5/c1-3-24-16-5-4-14(10-12(16)2)17(20)19-11-15(18(21)22)13-6-8-23-9-7-13/h4-5,10,13,15H,3,6-9,11H2,1-2H3,(H,19,20)(H,21,22). The Labute approximate surface area is 142 Å². The molecule has 0 spiro atoms. The van der Waals surface area contributed by atoms with E-state index in [9.17, 15) is 14.7 Å². The first-order valence-electron chi connectivity index (χ1n) is 8.35. The molecule has 1 fully saturated rings. The highest BCUT2D eigenvalue weighted by Gasteiger charge is 2.30. The Kier molecular flexibility index (Phi) is 6.61. The molecular weight excluding hydrogens is 310 g/mol. The van der Waals surface area contributed by atoms with Crippen molar-refractivity contribution >= 4 is 11.9 Å². The molecule has 1 unspecified atom stereocenters. The number of carbonyl (C=O) groups excluding carboxylic acids is 1. The zero-order valence-corrected chi connectivity index (χ0v) is 14.2. The van der Waals surface area contributed by atoms with Gasteiger partial charge in [-0.2, -0.15) is 0 Å². The molecule has 0 radical (unpaired) electrons. The predicted molar refractivity (Wildman–Crippen MR) is 89.4 cm³/mol. The van der Waals surface area contributed by atoms with Gasteiger partial charge in [0.25, 0.3) is 5.91 Å². The van der Waals surface area contributed by atoms with Crippen LogP contribution in [0.15, 0.2) is 18.2 Å². The van der Waals surface area contributed by atoms with Crippen LogP contribution in [0.3, 0.4) is 0 Å². The minimum absolute atomic E-state index is 0.0404. The van der Waals surface area contributed by atoms with E-state index in [1.165, 1.54) is 0 Å². The molecule has 1 heterocycles. The van der Waals surface area contributed by atoms with Gasteiger partial charge in [-0.3, -0.25) is 9.59 Å². The number of carbonyl (C=O) groups is 2. The van der Waals surface area contributed by atoms with Gasteiger partial charge in [0.1, 0.15) is 5.75 Å². The summed E-state index contributed by atoms with van der Waals surface area (Å²) in [6.07, 6.45) is 1.43. The van der Waals surface area contributed by atoms with E-state index in [4.69, 9.17) is 9.47 Å². The summed E-state index contributed by atoms with van der Waals surface area (Å²) in [5.41, 5.74) is 1.38. The number of ether oxygens (including phenoxy) is 2. The second kappa shape index (κ2) is 8.68. The van der Waals surface area contributed by atoms with E-state index >= 15 is 0 Å². The number of aliphatic carboxylic acids is 1. The van der Waals surface area contributed by atoms with Gasteiger partial charge in [0.05, 0.1) is 12.5 Å². The highest BCUT2D eigenvalue weighted by molar-refractivity contribution is 5.94. The number of hydrogen-bond acceptors (Lipinski definition) is 4. The van der Waals surface area contributed by atoms with Crippen molar-refractivity contribution in [1.29, 1.82) is 0 Å². The average molecular weight is 335 g/mol. The lowest BCUT2D eigenvalue weighted by molar-refractivity contribution is -0.144. The van der Waals surface area contributed by atoms with Crippen LogP contribution in [-0.2, 0) is 9.53 Å². The van der Waals surface area contributed by atoms with Crippen molar-refractivity contribution in [3.63, 3.8) is 0 Å². The largest absolute Gasteiger partial charge is 0.494 e. The molecule has 1 aromatic carbocycles. The zero-order chi connectivity index (χ0) is 17.5. The summed E-state index contributed by atoms with van der Waals surface area (Å²) in [6, 6.07) is 5.21. The van der Waals surface area contributed by atoms with Crippen LogP contribution in [0, 0.1) is 18.8 Å². The van der Waals surface area contributed by atoms with Crippen LogP contribution in [0.1, 0.15) is 35.7 Å². The van der Waals surface area contributed by atoms with Gasteiger partial charge < -0.3 is 19.9 Å². The van der Waals surface area contributed by atoms with Crippen molar-refractivity contribution in [3.8, 4) is 5.75 Å². The molecule has 6 nitrogen and oxygen atoms in total. The molecule has 1 amide bonds. The van der Waals surface area contributed by atoms with Crippen molar-refractivity contribution in [2.45, 2.75) is 26.7 Å². The van der Waals surface area contributed by atoms with E-state index in [-0.39, 0.29) is 18.4 Å². The molecule has 24 heavy (non-hydrogen) atoms. The summed E-state index contributed by atoms with van der Waals surface area (Å²) in [4.78, 5) is 23.8. The molecule has 1 aliphatic rings. The van der Waals surface area contributed by atoms with Crippen LogP contribution in [0.4, 0.5) is 0 Å². The van der Waals surface area contributed by atoms with Gasteiger partial charge in [0.15, 0.2) is 0 Å². The fraction of sp³-hybridized carbons (Fsp3) is 0.556. The van der Waals surface area contributed by atoms with Gasteiger partial charge in [-0.25, -0.2) is 0 Å². The van der Waals surface area contributed by atoms with Crippen LogP contribution >= 0.6 is 0 Å². The predicted octanol–water partition coefficient (Wildman–Crippen LogP) is 2.25. The normalized spacial score (nSPS) is 16.4. The molecule has 1 saturated heterocycles. The molecular formula is C18H25NO5. The highest BCUT2D eigenvalue weighted by Crippen LogP contribution is 2.24. The van der Waals surface area contributed by atoms with Crippen LogP contribution in [0.2, 0.25) is 0 Å². The van der Waals surface area contributed by atoms with Crippen LogP contribution in [0.25, 0.3) is 0 Å². The summed E-state index contributed by atoms with van der Waals surface area (Å²) >= 11 is 0. The average Bonchev–Trinajstić information content (AvgIpc) is 2.57. The number of aryl methyl sites for hydroxylation is 1. The molecule has 0 aliphatic carbocycles. The Morgan fingerprint density at radius 2 is 2.08 bits per heavy atom. The van der Waals surface area contributed by atoms with Crippen LogP contribution in [-0.4, -0.2) is 43.3 Å². The van der Waals surface area contributed by atoms with Crippen molar-refractivity contribution in [3.05, 3.63) is 29.3 Å². The molecule has 2 N–H and O–H groups in total. The lowest BCUT2D eigenvalue weighted by atomic mass is 9.86. The van der Waals surface area contributed by atoms with Crippen molar-refractivity contribution < 1.29 is 24.2 Å². The first kappa shape index (κ1) is 18.3. The summed E-state index contributed by atoms with van der Waals surface area (Å²) in [6.45, 7) is 5.65. The SMILES string of the molecule is CCOc1ccc(C(=O)NCC(C(=O)O)C2CCOCC2)cc1C. The molecule has 0 aromatic heterocycles. The number of nitrogens with one attached hydrogen (secondary N) is 1. The Bertz CT molecular complexity index is 581. The topological polar surface area (TPSA) is 84.9 Å². The maximum Gasteiger partial charge on any atom is 0.308 e. The van der Waals surface area contributed by atoms with Gasteiger partial charge in [-0.1, -0.05) is 0 Å². The summed E-state index contributed by atoms with van der Waals surface area (Å²) in [7, 11) is 0. The number of carboxylic acids is 1.